The normalized spacial score (nSPS) is 12.0. The zero-order chi connectivity index (χ0) is 16.1. The third-order valence-corrected chi connectivity index (χ3v) is 3.45. The van der Waals surface area contributed by atoms with Gasteiger partial charge in [-0.2, -0.15) is 0 Å². The first kappa shape index (κ1) is 16.1. The van der Waals surface area contributed by atoms with Gasteiger partial charge in [0.05, 0.1) is 6.10 Å². The van der Waals surface area contributed by atoms with Crippen LogP contribution in [-0.2, 0) is 0 Å². The van der Waals surface area contributed by atoms with Crippen molar-refractivity contribution in [3.05, 3.63) is 53.0 Å². The maximum atomic E-state index is 11.8. The van der Waals surface area contributed by atoms with E-state index in [2.05, 4.69) is 10.6 Å². The zero-order valence-electron chi connectivity index (χ0n) is 13.1. The Hall–Kier alpha value is -2.27. The molecule has 0 radical (unpaired) electrons. The molecule has 5 nitrogen and oxygen atoms in total. The van der Waals surface area contributed by atoms with Gasteiger partial charge in [-0.15, -0.1) is 0 Å². The maximum Gasteiger partial charge on any atom is 0.319 e. The molecule has 2 amide bonds. The first-order valence-corrected chi connectivity index (χ1v) is 7.32. The number of hydrogen-bond donors (Lipinski definition) is 3. The Balaban J connectivity index is 1.77. The summed E-state index contributed by atoms with van der Waals surface area (Å²) in [4.78, 5) is 11.8. The van der Waals surface area contributed by atoms with Crippen molar-refractivity contribution in [3.63, 3.8) is 0 Å². The second-order valence-electron chi connectivity index (χ2n) is 5.42. The van der Waals surface area contributed by atoms with Gasteiger partial charge in [0.25, 0.3) is 0 Å². The molecule has 5 heteroatoms. The van der Waals surface area contributed by atoms with Gasteiger partial charge in [-0.3, -0.25) is 0 Å². The van der Waals surface area contributed by atoms with Crippen molar-refractivity contribution in [2.24, 2.45) is 0 Å². The number of carbonyl (C=O) groups is 1. The van der Waals surface area contributed by atoms with Gasteiger partial charge in [-0.1, -0.05) is 17.7 Å². The summed E-state index contributed by atoms with van der Waals surface area (Å²) in [5.41, 5.74) is 2.66. The smallest absolute Gasteiger partial charge is 0.319 e. The Bertz CT molecular complexity index is 632. The van der Waals surface area contributed by atoms with E-state index < -0.39 is 6.10 Å². The van der Waals surface area contributed by atoms with E-state index in [4.69, 9.17) is 4.42 Å². The Morgan fingerprint density at radius 2 is 1.91 bits per heavy atom. The number of anilines is 1. The minimum atomic E-state index is -0.642. The predicted molar refractivity (Wildman–Crippen MR) is 86.0 cm³/mol. The summed E-state index contributed by atoms with van der Waals surface area (Å²) < 4.78 is 5.39. The van der Waals surface area contributed by atoms with Gasteiger partial charge in [0, 0.05) is 17.8 Å². The van der Waals surface area contributed by atoms with Crippen LogP contribution in [0.2, 0.25) is 0 Å². The number of carbonyl (C=O) groups excluding carboxylic acids is 1. The standard InChI is InChI=1S/C17H22N2O3/c1-11-4-6-14(7-5-11)19-17(21)18-9-8-16(20)15-10-12(2)22-13(15)3/h4-7,10,16,20H,8-9H2,1-3H3,(H2,18,19,21). The molecule has 1 heterocycles. The predicted octanol–water partition coefficient (Wildman–Crippen LogP) is 3.45. The van der Waals surface area contributed by atoms with Crippen LogP contribution in [0.5, 0.6) is 0 Å². The quantitative estimate of drug-likeness (QED) is 0.792. The Morgan fingerprint density at radius 3 is 2.50 bits per heavy atom. The van der Waals surface area contributed by atoms with Crippen molar-refractivity contribution in [3.8, 4) is 0 Å². The summed E-state index contributed by atoms with van der Waals surface area (Å²) in [6, 6.07) is 9.11. The van der Waals surface area contributed by atoms with Crippen LogP contribution in [0.3, 0.4) is 0 Å². The molecule has 0 fully saturated rings. The van der Waals surface area contributed by atoms with Crippen molar-refractivity contribution in [2.45, 2.75) is 33.3 Å². The molecule has 0 aliphatic carbocycles. The largest absolute Gasteiger partial charge is 0.466 e. The molecule has 0 aliphatic rings. The number of nitrogens with one attached hydrogen (secondary N) is 2. The van der Waals surface area contributed by atoms with Gasteiger partial charge in [-0.25, -0.2) is 4.79 Å². The Morgan fingerprint density at radius 1 is 1.23 bits per heavy atom. The molecule has 2 aromatic rings. The molecule has 22 heavy (non-hydrogen) atoms. The van der Waals surface area contributed by atoms with E-state index in [0.29, 0.717) is 18.7 Å². The molecule has 1 unspecified atom stereocenters. The van der Waals surface area contributed by atoms with Crippen LogP contribution in [0.1, 0.15) is 35.2 Å². The summed E-state index contributed by atoms with van der Waals surface area (Å²) in [5, 5.41) is 15.6. The minimum absolute atomic E-state index is 0.281. The van der Waals surface area contributed by atoms with Crippen LogP contribution in [0, 0.1) is 20.8 Å². The highest BCUT2D eigenvalue weighted by Crippen LogP contribution is 2.23. The number of benzene rings is 1. The number of aliphatic hydroxyl groups is 1. The minimum Gasteiger partial charge on any atom is -0.466 e. The lowest BCUT2D eigenvalue weighted by Crippen LogP contribution is -2.30. The van der Waals surface area contributed by atoms with Gasteiger partial charge < -0.3 is 20.2 Å². The molecule has 0 spiro atoms. The van der Waals surface area contributed by atoms with Crippen LogP contribution in [0.15, 0.2) is 34.7 Å². The number of hydrogen-bond acceptors (Lipinski definition) is 3. The summed E-state index contributed by atoms with van der Waals surface area (Å²) in [6.07, 6.45) is -0.210. The molecule has 0 saturated heterocycles. The van der Waals surface area contributed by atoms with Crippen molar-refractivity contribution in [1.29, 1.82) is 0 Å². The van der Waals surface area contributed by atoms with Crippen LogP contribution in [-0.4, -0.2) is 17.7 Å². The molecule has 2 rings (SSSR count). The second-order valence-corrected chi connectivity index (χ2v) is 5.42. The third-order valence-electron chi connectivity index (χ3n) is 3.45. The molecule has 3 N–H and O–H groups in total. The van der Waals surface area contributed by atoms with E-state index in [1.54, 1.807) is 0 Å². The highest BCUT2D eigenvalue weighted by Gasteiger charge is 2.14. The van der Waals surface area contributed by atoms with E-state index >= 15 is 0 Å². The highest BCUT2D eigenvalue weighted by molar-refractivity contribution is 5.89. The molecule has 1 aromatic heterocycles. The van der Waals surface area contributed by atoms with E-state index in [9.17, 15) is 9.90 Å². The average Bonchev–Trinajstić information content (AvgIpc) is 2.80. The van der Waals surface area contributed by atoms with Crippen molar-refractivity contribution in [2.75, 3.05) is 11.9 Å². The monoisotopic (exact) mass is 302 g/mol. The molecule has 0 saturated carbocycles. The second kappa shape index (κ2) is 7.13. The van der Waals surface area contributed by atoms with Crippen LogP contribution in [0.25, 0.3) is 0 Å². The lowest BCUT2D eigenvalue weighted by Gasteiger charge is -2.11. The fourth-order valence-corrected chi connectivity index (χ4v) is 2.27. The topological polar surface area (TPSA) is 74.5 Å². The average molecular weight is 302 g/mol. The van der Waals surface area contributed by atoms with Gasteiger partial charge in [0.2, 0.25) is 0 Å². The van der Waals surface area contributed by atoms with Crippen LogP contribution >= 0.6 is 0 Å². The fraction of sp³-hybridized carbons (Fsp3) is 0.353. The zero-order valence-corrected chi connectivity index (χ0v) is 13.1. The van der Waals surface area contributed by atoms with Crippen molar-refractivity contribution >= 4 is 11.7 Å². The molecule has 0 bridgehead atoms. The summed E-state index contributed by atoms with van der Waals surface area (Å²) >= 11 is 0. The van der Waals surface area contributed by atoms with Gasteiger partial charge in [0.15, 0.2) is 0 Å². The maximum absolute atomic E-state index is 11.8. The van der Waals surface area contributed by atoms with Gasteiger partial charge in [-0.05, 0) is 45.4 Å². The Labute approximate surface area is 130 Å². The SMILES string of the molecule is Cc1ccc(NC(=O)NCCC(O)c2cc(C)oc2C)cc1. The lowest BCUT2D eigenvalue weighted by molar-refractivity contribution is 0.165. The molecule has 1 aromatic carbocycles. The molecular weight excluding hydrogens is 280 g/mol. The summed E-state index contributed by atoms with van der Waals surface area (Å²) in [5.74, 6) is 1.49. The van der Waals surface area contributed by atoms with Crippen LogP contribution in [0.4, 0.5) is 10.5 Å². The van der Waals surface area contributed by atoms with Gasteiger partial charge in [0.1, 0.15) is 11.5 Å². The third kappa shape index (κ3) is 4.36. The molecule has 0 aliphatic heterocycles. The number of aliphatic hydroxyl groups excluding tert-OH is 1. The molecule has 1 atom stereocenters. The lowest BCUT2D eigenvalue weighted by atomic mass is 10.1. The van der Waals surface area contributed by atoms with E-state index in [1.165, 1.54) is 0 Å². The Kier molecular flexibility index (Phi) is 5.22. The van der Waals surface area contributed by atoms with E-state index in [-0.39, 0.29) is 6.03 Å². The van der Waals surface area contributed by atoms with Crippen LogP contribution < -0.4 is 10.6 Å². The fourth-order valence-electron chi connectivity index (χ4n) is 2.27. The number of urea groups is 1. The first-order chi connectivity index (χ1) is 10.5. The van der Waals surface area contributed by atoms with Gasteiger partial charge >= 0.3 is 6.03 Å². The van der Waals surface area contributed by atoms with E-state index in [0.717, 1.165) is 22.6 Å². The number of amides is 2. The first-order valence-electron chi connectivity index (χ1n) is 7.32. The molecular formula is C17H22N2O3. The highest BCUT2D eigenvalue weighted by atomic mass is 16.3. The van der Waals surface area contributed by atoms with E-state index in [1.807, 2.05) is 51.1 Å². The number of rotatable bonds is 5. The number of furan rings is 1. The molecule has 118 valence electrons. The summed E-state index contributed by atoms with van der Waals surface area (Å²) in [7, 11) is 0. The van der Waals surface area contributed by atoms with Crippen molar-refractivity contribution < 1.29 is 14.3 Å². The number of aryl methyl sites for hydroxylation is 3. The van der Waals surface area contributed by atoms with Crippen molar-refractivity contribution in [1.82, 2.24) is 5.32 Å². The summed E-state index contributed by atoms with van der Waals surface area (Å²) in [6.45, 7) is 6.03.